The van der Waals surface area contributed by atoms with Crippen LogP contribution in [0.2, 0.25) is 0 Å². The summed E-state index contributed by atoms with van der Waals surface area (Å²) >= 11 is 7.24. The zero-order chi connectivity index (χ0) is 21.0. The molecule has 0 bridgehead atoms. The van der Waals surface area contributed by atoms with Crippen molar-refractivity contribution in [2.75, 3.05) is 12.4 Å². The number of esters is 1. The Hall–Kier alpha value is -1.92. The number of rotatable bonds is 4. The number of hydrogen-bond acceptors (Lipinski definition) is 4. The molecule has 1 aliphatic rings. The summed E-state index contributed by atoms with van der Waals surface area (Å²) in [6.45, 7) is 6.30. The third kappa shape index (κ3) is 5.17. The van der Waals surface area contributed by atoms with E-state index < -0.39 is 0 Å². The molecule has 0 aliphatic heterocycles. The van der Waals surface area contributed by atoms with Gasteiger partial charge in [-0.05, 0) is 75.4 Å². The van der Waals surface area contributed by atoms with Crippen molar-refractivity contribution < 1.29 is 9.53 Å². The summed E-state index contributed by atoms with van der Waals surface area (Å²) in [5, 5.41) is 8.00. The Kier molecular flexibility index (Phi) is 7.30. The number of hydrogen-bond donors (Lipinski definition) is 2. The third-order valence-corrected chi connectivity index (χ3v) is 6.96. The molecular formula is C23H30N2O2S2. The quantitative estimate of drug-likeness (QED) is 0.470. The van der Waals surface area contributed by atoms with Gasteiger partial charge in [0.25, 0.3) is 0 Å². The topological polar surface area (TPSA) is 50.4 Å². The van der Waals surface area contributed by atoms with Crippen LogP contribution in [-0.2, 0) is 17.6 Å². The van der Waals surface area contributed by atoms with E-state index in [2.05, 4.69) is 49.6 Å². The molecule has 2 aromatic rings. The fourth-order valence-electron chi connectivity index (χ4n) is 3.97. The Balaban J connectivity index is 1.81. The average Bonchev–Trinajstić information content (AvgIpc) is 2.98. The fraction of sp³-hybridized carbons (Fsp3) is 0.478. The second kappa shape index (κ2) is 9.72. The minimum atomic E-state index is -0.282. The molecule has 0 amide bonds. The van der Waals surface area contributed by atoms with Gasteiger partial charge in [0.05, 0.1) is 18.7 Å². The molecule has 29 heavy (non-hydrogen) atoms. The third-order valence-electron chi connectivity index (χ3n) is 5.54. The van der Waals surface area contributed by atoms with Crippen LogP contribution in [0, 0.1) is 13.8 Å². The lowest BCUT2D eigenvalue weighted by Gasteiger charge is -2.19. The monoisotopic (exact) mass is 430 g/mol. The molecule has 4 nitrogen and oxygen atoms in total. The summed E-state index contributed by atoms with van der Waals surface area (Å²) < 4.78 is 5.10. The van der Waals surface area contributed by atoms with Crippen LogP contribution >= 0.6 is 23.6 Å². The average molecular weight is 431 g/mol. The van der Waals surface area contributed by atoms with E-state index in [1.54, 1.807) is 11.3 Å². The Labute approximate surface area is 183 Å². The summed E-state index contributed by atoms with van der Waals surface area (Å²) in [5.74, 6) is -0.282. The smallest absolute Gasteiger partial charge is 0.341 e. The van der Waals surface area contributed by atoms with Gasteiger partial charge in [0.1, 0.15) is 5.00 Å². The number of carbonyl (C=O) groups excluding carboxylic acids is 1. The standard InChI is InChI=1S/C23H30N2O2S2/c1-14-11-12-15(2)18(13-14)16(3)24-23(28)25-21-20(22(26)27-4)17-9-7-5-6-8-10-19(17)29-21/h11-13,16H,5-10H2,1-4H3,(H2,24,25,28). The molecule has 0 spiro atoms. The van der Waals surface area contributed by atoms with Gasteiger partial charge in [0.2, 0.25) is 0 Å². The lowest BCUT2D eigenvalue weighted by atomic mass is 9.96. The zero-order valence-corrected chi connectivity index (χ0v) is 19.3. The molecule has 0 radical (unpaired) electrons. The largest absolute Gasteiger partial charge is 0.465 e. The van der Waals surface area contributed by atoms with E-state index in [-0.39, 0.29) is 12.0 Å². The van der Waals surface area contributed by atoms with Crippen LogP contribution < -0.4 is 10.6 Å². The number of carbonyl (C=O) groups is 1. The van der Waals surface area contributed by atoms with Crippen molar-refractivity contribution in [2.24, 2.45) is 0 Å². The van der Waals surface area contributed by atoms with Crippen LogP contribution in [-0.4, -0.2) is 18.2 Å². The molecule has 1 aromatic heterocycles. The summed E-state index contributed by atoms with van der Waals surface area (Å²) in [5.41, 5.74) is 5.49. The van der Waals surface area contributed by atoms with E-state index in [0.29, 0.717) is 10.7 Å². The Morgan fingerprint density at radius 3 is 2.62 bits per heavy atom. The summed E-state index contributed by atoms with van der Waals surface area (Å²) in [6.07, 6.45) is 6.69. The first-order valence-electron chi connectivity index (χ1n) is 10.3. The summed E-state index contributed by atoms with van der Waals surface area (Å²) in [4.78, 5) is 13.8. The molecule has 1 aliphatic carbocycles. The second-order valence-electron chi connectivity index (χ2n) is 7.79. The van der Waals surface area contributed by atoms with Crippen LogP contribution in [0.1, 0.15) is 76.1 Å². The molecule has 3 rings (SSSR count). The molecule has 1 unspecified atom stereocenters. The number of thiophene rings is 1. The van der Waals surface area contributed by atoms with Crippen LogP contribution in [0.5, 0.6) is 0 Å². The first-order valence-corrected chi connectivity index (χ1v) is 11.5. The van der Waals surface area contributed by atoms with Crippen molar-refractivity contribution in [2.45, 2.75) is 65.3 Å². The van der Waals surface area contributed by atoms with Crippen LogP contribution in [0.3, 0.4) is 0 Å². The molecule has 6 heteroatoms. The lowest BCUT2D eigenvalue weighted by Crippen LogP contribution is -2.31. The van der Waals surface area contributed by atoms with Crippen molar-refractivity contribution in [3.63, 3.8) is 0 Å². The predicted molar refractivity (Wildman–Crippen MR) is 125 cm³/mol. The van der Waals surface area contributed by atoms with E-state index in [1.165, 1.54) is 47.9 Å². The Morgan fingerprint density at radius 2 is 1.90 bits per heavy atom. The van der Waals surface area contributed by atoms with Crippen LogP contribution in [0.4, 0.5) is 5.00 Å². The number of methoxy groups -OCH3 is 1. The fourth-order valence-corrected chi connectivity index (χ4v) is 5.59. The van der Waals surface area contributed by atoms with E-state index in [9.17, 15) is 4.79 Å². The summed E-state index contributed by atoms with van der Waals surface area (Å²) in [7, 11) is 1.44. The van der Waals surface area contributed by atoms with Gasteiger partial charge in [-0.1, -0.05) is 36.6 Å². The number of anilines is 1. The van der Waals surface area contributed by atoms with Crippen LogP contribution in [0.15, 0.2) is 18.2 Å². The van der Waals surface area contributed by atoms with Gasteiger partial charge in [-0.15, -0.1) is 11.3 Å². The molecule has 1 aromatic carbocycles. The molecule has 0 saturated heterocycles. The molecule has 0 saturated carbocycles. The lowest BCUT2D eigenvalue weighted by molar-refractivity contribution is 0.0601. The van der Waals surface area contributed by atoms with E-state index in [0.717, 1.165) is 29.8 Å². The van der Waals surface area contributed by atoms with Crippen molar-refractivity contribution in [3.05, 3.63) is 50.9 Å². The number of thiocarbonyl (C=S) groups is 1. The molecule has 1 heterocycles. The number of benzene rings is 1. The Morgan fingerprint density at radius 1 is 1.17 bits per heavy atom. The first kappa shape index (κ1) is 21.8. The van der Waals surface area contributed by atoms with Gasteiger partial charge in [0, 0.05) is 4.88 Å². The maximum atomic E-state index is 12.6. The SMILES string of the molecule is COC(=O)c1c(NC(=S)NC(C)c2cc(C)ccc2C)sc2c1CCCCCC2. The van der Waals surface area contributed by atoms with Gasteiger partial charge in [-0.3, -0.25) is 0 Å². The predicted octanol–water partition coefficient (Wildman–Crippen LogP) is 5.86. The number of ether oxygens (including phenoxy) is 1. The zero-order valence-electron chi connectivity index (χ0n) is 17.7. The molecule has 156 valence electrons. The highest BCUT2D eigenvalue weighted by molar-refractivity contribution is 7.80. The second-order valence-corrected chi connectivity index (χ2v) is 9.31. The van der Waals surface area contributed by atoms with Gasteiger partial charge in [-0.25, -0.2) is 4.79 Å². The number of aryl methyl sites for hydroxylation is 3. The highest BCUT2D eigenvalue weighted by atomic mass is 32.1. The minimum absolute atomic E-state index is 0.0671. The minimum Gasteiger partial charge on any atom is -0.465 e. The van der Waals surface area contributed by atoms with Crippen molar-refractivity contribution in [1.82, 2.24) is 5.32 Å². The van der Waals surface area contributed by atoms with E-state index >= 15 is 0 Å². The molecule has 2 N–H and O–H groups in total. The van der Waals surface area contributed by atoms with E-state index in [1.807, 2.05) is 0 Å². The summed E-state index contributed by atoms with van der Waals surface area (Å²) in [6, 6.07) is 6.50. The van der Waals surface area contributed by atoms with E-state index in [4.69, 9.17) is 17.0 Å². The Bertz CT molecular complexity index is 905. The number of nitrogens with one attached hydrogen (secondary N) is 2. The van der Waals surface area contributed by atoms with Crippen molar-refractivity contribution in [3.8, 4) is 0 Å². The van der Waals surface area contributed by atoms with Gasteiger partial charge in [-0.2, -0.15) is 0 Å². The molecule has 1 atom stereocenters. The normalized spacial score (nSPS) is 14.9. The van der Waals surface area contributed by atoms with Crippen molar-refractivity contribution >= 4 is 39.6 Å². The number of fused-ring (bicyclic) bond motifs is 1. The molecular weight excluding hydrogens is 400 g/mol. The molecule has 0 fully saturated rings. The highest BCUT2D eigenvalue weighted by Gasteiger charge is 2.25. The van der Waals surface area contributed by atoms with Gasteiger partial charge in [0.15, 0.2) is 5.11 Å². The highest BCUT2D eigenvalue weighted by Crippen LogP contribution is 2.37. The van der Waals surface area contributed by atoms with Crippen molar-refractivity contribution in [1.29, 1.82) is 0 Å². The van der Waals surface area contributed by atoms with Crippen LogP contribution in [0.25, 0.3) is 0 Å². The van der Waals surface area contributed by atoms with Gasteiger partial charge < -0.3 is 15.4 Å². The maximum Gasteiger partial charge on any atom is 0.341 e. The first-order chi connectivity index (χ1) is 13.9. The maximum absolute atomic E-state index is 12.6. The van der Waals surface area contributed by atoms with Gasteiger partial charge >= 0.3 is 5.97 Å².